The molecule has 0 unspecified atom stereocenters. The molecular weight excluding hydrogens is 867 g/mol. The summed E-state index contributed by atoms with van der Waals surface area (Å²) < 4.78 is 38.7. The lowest BCUT2D eigenvalue weighted by molar-refractivity contribution is -0.160. The van der Waals surface area contributed by atoms with E-state index in [4.69, 9.17) is 39.7 Å². The van der Waals surface area contributed by atoms with E-state index in [1.165, 1.54) is 0 Å². The normalized spacial score (nSPS) is 23.4. The molecule has 346 valence electrons. The van der Waals surface area contributed by atoms with E-state index in [2.05, 4.69) is 24.9 Å². The first-order chi connectivity index (χ1) is 30.9. The van der Waals surface area contributed by atoms with E-state index in [0.29, 0.717) is 92.8 Å². The van der Waals surface area contributed by atoms with E-state index in [-0.39, 0.29) is 89.6 Å². The zero-order valence-corrected chi connectivity index (χ0v) is 37.9. The molecule has 4 aliphatic rings. The predicted octanol–water partition coefficient (Wildman–Crippen LogP) is 8.62. The Kier molecular flexibility index (Phi) is 19.8. The highest BCUT2D eigenvalue weighted by atomic mass is 32.2. The fraction of sp³-hybridized carbons (Fsp3) is 0.574. The van der Waals surface area contributed by atoms with Gasteiger partial charge in [-0.2, -0.15) is 0 Å². The summed E-state index contributed by atoms with van der Waals surface area (Å²) >= 11 is 2.14. The fourth-order valence-corrected chi connectivity index (χ4v) is 10.4. The molecule has 3 fully saturated rings. The average Bonchev–Trinajstić information content (AvgIpc) is 3.75. The quantitative estimate of drug-likeness (QED) is 0.0302. The number of hydrogen-bond acceptors (Lipinski definition) is 16. The van der Waals surface area contributed by atoms with Crippen LogP contribution in [-0.2, 0) is 57.2 Å². The highest BCUT2D eigenvalue weighted by Crippen LogP contribution is 2.59. The zero-order valence-electron chi connectivity index (χ0n) is 36.3. The molecule has 0 N–H and O–H groups in total. The first kappa shape index (κ1) is 49.9. The third-order valence-electron chi connectivity index (χ3n) is 11.8. The van der Waals surface area contributed by atoms with E-state index < -0.39 is 29.8 Å². The summed E-state index contributed by atoms with van der Waals surface area (Å²) in [6.07, 6.45) is 10.9. The van der Waals surface area contributed by atoms with Crippen molar-refractivity contribution in [2.24, 2.45) is 29.6 Å². The highest BCUT2D eigenvalue weighted by Gasteiger charge is 2.37. The summed E-state index contributed by atoms with van der Waals surface area (Å²) in [6, 6.07) is 3.12. The van der Waals surface area contributed by atoms with Gasteiger partial charge in [0.25, 0.3) is 5.70 Å². The van der Waals surface area contributed by atoms with Gasteiger partial charge in [0, 0.05) is 12.2 Å². The molecule has 17 heteroatoms. The van der Waals surface area contributed by atoms with E-state index >= 15 is 0 Å². The maximum Gasteiger partial charge on any atom is 0.338 e. The SMILES string of the molecule is [C-]#[N+]/C(C(=O)OCCCCOC(=O)C=C)=C1/Sc2c(OC(=O)C3CCC(C)CC3)ccc(OC(=O)C3CCC(OC(=O)C4CCC(C(=O)OCCCCOC(=O)C=C)CC4)CC3)c2S1. The summed E-state index contributed by atoms with van der Waals surface area (Å²) in [5, 5.41) is 0. The summed E-state index contributed by atoms with van der Waals surface area (Å²) in [5.74, 6) is -3.63. The molecule has 3 saturated carbocycles. The van der Waals surface area contributed by atoms with Crippen molar-refractivity contribution >= 4 is 65.3 Å². The lowest BCUT2D eigenvalue weighted by atomic mass is 9.82. The Hall–Kier alpha value is -5.08. The molecule has 1 aliphatic heterocycles. The summed E-state index contributed by atoms with van der Waals surface area (Å²) in [4.78, 5) is 92.5. The van der Waals surface area contributed by atoms with Crippen molar-refractivity contribution in [2.45, 2.75) is 126 Å². The Morgan fingerprint density at radius 2 is 1.00 bits per heavy atom. The highest BCUT2D eigenvalue weighted by molar-refractivity contribution is 8.24. The van der Waals surface area contributed by atoms with Crippen molar-refractivity contribution in [3.8, 4) is 11.5 Å². The molecule has 0 bridgehead atoms. The van der Waals surface area contributed by atoms with Crippen LogP contribution in [0.1, 0.15) is 110 Å². The summed E-state index contributed by atoms with van der Waals surface area (Å²) in [7, 11) is 0. The lowest BCUT2D eigenvalue weighted by Gasteiger charge is -2.30. The van der Waals surface area contributed by atoms with E-state index in [1.807, 2.05) is 0 Å². The standard InChI is InChI=1S/C47H57NO14S2/c1-5-37(49)56-25-7-9-27-58-42(51)30-15-17-32(18-16-30)43(52)60-34-21-19-33(20-22-34)45(54)62-36-24-23-35(61-44(53)31-13-11-29(3)12-14-31)40-41(36)64-47(63-40)39(48-4)46(55)59-28-10-8-26-57-38(50)6-2/h5-6,23-24,29-34H,1-2,7-22,25-28H2,3H3/b47-39-. The van der Waals surface area contributed by atoms with E-state index in [0.717, 1.165) is 61.4 Å². The van der Waals surface area contributed by atoms with Gasteiger partial charge in [-0.05, 0) is 121 Å². The van der Waals surface area contributed by atoms with E-state index in [9.17, 15) is 33.6 Å². The first-order valence-electron chi connectivity index (χ1n) is 22.1. The number of ether oxygens (including phenoxy) is 7. The molecule has 1 aromatic rings. The molecule has 1 aromatic carbocycles. The largest absolute Gasteiger partial charge is 0.471 e. The minimum absolute atomic E-state index is 0.00657. The molecule has 0 spiro atoms. The minimum atomic E-state index is -0.838. The number of carbonyl (C=O) groups excluding carboxylic acids is 7. The molecule has 1 heterocycles. The summed E-state index contributed by atoms with van der Waals surface area (Å²) in [6.45, 7) is 17.3. The molecule has 0 amide bonds. The third-order valence-corrected chi connectivity index (χ3v) is 14.4. The zero-order chi connectivity index (χ0) is 46.0. The summed E-state index contributed by atoms with van der Waals surface area (Å²) in [5.41, 5.74) is -0.266. The molecule has 0 atom stereocenters. The van der Waals surface area contributed by atoms with Gasteiger partial charge in [-0.15, -0.1) is 0 Å². The van der Waals surface area contributed by atoms with Crippen molar-refractivity contribution in [3.05, 3.63) is 58.8 Å². The Labute approximate surface area is 382 Å². The van der Waals surface area contributed by atoms with Gasteiger partial charge in [-0.25, -0.2) is 14.4 Å². The second-order valence-corrected chi connectivity index (χ2v) is 18.7. The van der Waals surface area contributed by atoms with Gasteiger partial charge in [-0.3, -0.25) is 24.0 Å². The van der Waals surface area contributed by atoms with Crippen molar-refractivity contribution in [1.29, 1.82) is 0 Å². The number of benzene rings is 1. The van der Waals surface area contributed by atoms with Gasteiger partial charge >= 0.3 is 41.8 Å². The van der Waals surface area contributed by atoms with Crippen LogP contribution in [0.5, 0.6) is 11.5 Å². The van der Waals surface area contributed by atoms with Gasteiger partial charge in [0.1, 0.15) is 17.6 Å². The lowest BCUT2D eigenvalue weighted by Crippen LogP contribution is -2.33. The van der Waals surface area contributed by atoms with E-state index in [1.54, 1.807) is 12.1 Å². The van der Waals surface area contributed by atoms with Gasteiger partial charge < -0.3 is 33.2 Å². The van der Waals surface area contributed by atoms with Gasteiger partial charge in [0.15, 0.2) is 0 Å². The average molecular weight is 924 g/mol. The van der Waals surface area contributed by atoms with Crippen LogP contribution in [0.2, 0.25) is 0 Å². The Morgan fingerprint density at radius 1 is 0.594 bits per heavy atom. The van der Waals surface area contributed by atoms with Crippen LogP contribution in [0.15, 0.2) is 57.2 Å². The molecule has 0 aromatic heterocycles. The van der Waals surface area contributed by atoms with Gasteiger partial charge in [0.05, 0.1) is 70.7 Å². The maximum absolute atomic E-state index is 13.6. The number of hydrogen-bond donors (Lipinski definition) is 0. The predicted molar refractivity (Wildman–Crippen MR) is 234 cm³/mol. The van der Waals surface area contributed by atoms with Gasteiger partial charge in [0.2, 0.25) is 0 Å². The molecule has 15 nitrogen and oxygen atoms in total. The van der Waals surface area contributed by atoms with Crippen molar-refractivity contribution in [1.82, 2.24) is 0 Å². The number of carbonyl (C=O) groups is 7. The Bertz CT molecular complexity index is 1970. The van der Waals surface area contributed by atoms with Crippen molar-refractivity contribution < 1.29 is 66.7 Å². The maximum atomic E-state index is 13.6. The number of unbranched alkanes of at least 4 members (excludes halogenated alkanes) is 2. The number of rotatable bonds is 20. The van der Waals surface area contributed by atoms with Crippen LogP contribution in [0.3, 0.4) is 0 Å². The molecule has 5 rings (SSSR count). The smallest absolute Gasteiger partial charge is 0.338 e. The molecule has 3 aliphatic carbocycles. The van der Waals surface area contributed by atoms with Crippen molar-refractivity contribution in [2.75, 3.05) is 26.4 Å². The fourth-order valence-electron chi connectivity index (χ4n) is 7.87. The van der Waals surface area contributed by atoms with Crippen LogP contribution in [-0.4, -0.2) is 74.3 Å². The molecule has 64 heavy (non-hydrogen) atoms. The minimum Gasteiger partial charge on any atom is -0.471 e. The van der Waals surface area contributed by atoms with Crippen LogP contribution in [0, 0.1) is 36.2 Å². The van der Waals surface area contributed by atoms with Gasteiger partial charge in [-0.1, -0.05) is 43.6 Å². The number of esters is 7. The number of nitrogens with zero attached hydrogens (tertiary/aromatic N) is 1. The first-order valence-corrected chi connectivity index (χ1v) is 23.7. The third kappa shape index (κ3) is 14.7. The second-order valence-electron chi connectivity index (χ2n) is 16.4. The monoisotopic (exact) mass is 923 g/mol. The van der Waals surface area contributed by atoms with Crippen LogP contribution in [0.4, 0.5) is 0 Å². The Morgan fingerprint density at radius 3 is 1.47 bits per heavy atom. The second kappa shape index (κ2) is 25.4. The Balaban J connectivity index is 1.13. The van der Waals surface area contributed by atoms with Crippen LogP contribution >= 0.6 is 23.5 Å². The van der Waals surface area contributed by atoms with Crippen molar-refractivity contribution in [3.63, 3.8) is 0 Å². The topological polar surface area (TPSA) is 188 Å². The van der Waals surface area contributed by atoms with Crippen LogP contribution in [0.25, 0.3) is 4.85 Å². The molecule has 0 saturated heterocycles. The number of fused-ring (bicyclic) bond motifs is 1. The molecular formula is C47H57NO14S2. The van der Waals surface area contributed by atoms with Crippen LogP contribution < -0.4 is 9.47 Å². The molecule has 0 radical (unpaired) electrons. The number of thioether (sulfide) groups is 2.